The molecule has 5 nitrogen and oxygen atoms in total. The first-order valence-corrected chi connectivity index (χ1v) is 9.63. The zero-order valence-corrected chi connectivity index (χ0v) is 17.3. The molecule has 0 saturated carbocycles. The Morgan fingerprint density at radius 3 is 2.79 bits per heavy atom. The Balaban J connectivity index is 2.26. The maximum absolute atomic E-state index is 5.69. The van der Waals surface area contributed by atoms with Crippen molar-refractivity contribution in [2.75, 3.05) is 18.6 Å². The van der Waals surface area contributed by atoms with Crippen LogP contribution < -0.4 is 14.9 Å². The fraction of sp³-hybridized carbons (Fsp3) is 0.250. The summed E-state index contributed by atoms with van der Waals surface area (Å²) in [6, 6.07) is 1.87. The summed E-state index contributed by atoms with van der Waals surface area (Å²) in [6.07, 6.45) is 3.39. The van der Waals surface area contributed by atoms with Crippen LogP contribution >= 0.6 is 43.2 Å². The molecule has 0 bridgehead atoms. The Kier molecular flexibility index (Phi) is 7.26. The summed E-state index contributed by atoms with van der Waals surface area (Å²) < 4.78 is 13.0. The third-order valence-electron chi connectivity index (χ3n) is 2.78. The van der Waals surface area contributed by atoms with Gasteiger partial charge in [0, 0.05) is 15.4 Å². The molecule has 2 rings (SSSR count). The maximum Gasteiger partial charge on any atom is 0.203 e. The highest BCUT2D eigenvalue weighted by atomic mass is 79.9. The number of thiazole rings is 1. The molecular weight excluding hydrogens is 458 g/mol. The molecular formula is C16H17Br2N3O2S. The lowest BCUT2D eigenvalue weighted by molar-refractivity contribution is 0.295. The van der Waals surface area contributed by atoms with E-state index in [1.165, 1.54) is 11.3 Å². The zero-order chi connectivity index (χ0) is 17.5. The number of hydrazone groups is 1. The van der Waals surface area contributed by atoms with Crippen LogP contribution in [0.4, 0.5) is 5.13 Å². The summed E-state index contributed by atoms with van der Waals surface area (Å²) in [7, 11) is 0. The number of benzene rings is 1. The molecule has 2 aromatic rings. The summed E-state index contributed by atoms with van der Waals surface area (Å²) >= 11 is 8.61. The third-order valence-corrected chi connectivity index (χ3v) is 5.79. The van der Waals surface area contributed by atoms with Crippen LogP contribution in [-0.4, -0.2) is 24.4 Å². The van der Waals surface area contributed by atoms with Crippen LogP contribution in [0.2, 0.25) is 0 Å². The van der Waals surface area contributed by atoms with E-state index in [4.69, 9.17) is 9.47 Å². The fourth-order valence-corrected chi connectivity index (χ4v) is 3.37. The van der Waals surface area contributed by atoms with Gasteiger partial charge in [0.1, 0.15) is 6.61 Å². The van der Waals surface area contributed by atoms with Gasteiger partial charge in [-0.2, -0.15) is 5.10 Å². The van der Waals surface area contributed by atoms with E-state index < -0.39 is 0 Å². The second-order valence-corrected chi connectivity index (χ2v) is 7.06. The van der Waals surface area contributed by atoms with Crippen molar-refractivity contribution < 1.29 is 9.47 Å². The van der Waals surface area contributed by atoms with E-state index in [0.717, 1.165) is 25.3 Å². The SMILES string of the molecule is C=CCOc1c(OCC)cc(C=NNc2nc(C)cs2)c(Br)c1Br. The van der Waals surface area contributed by atoms with E-state index in [-0.39, 0.29) is 0 Å². The number of anilines is 1. The standard InChI is InChI=1S/C16H17Br2N3O2S/c1-4-6-23-15-12(22-5-2)7-11(13(17)14(15)18)8-19-21-16-20-10(3)9-24-16/h4,7-9H,1,5-6H2,2-3H3,(H,20,21). The highest BCUT2D eigenvalue weighted by Crippen LogP contribution is 2.42. The number of hydrogen-bond acceptors (Lipinski definition) is 6. The first-order chi connectivity index (χ1) is 11.6. The van der Waals surface area contributed by atoms with Gasteiger partial charge in [-0.05, 0) is 51.8 Å². The number of nitrogens with one attached hydrogen (secondary N) is 1. The lowest BCUT2D eigenvalue weighted by Crippen LogP contribution is -2.02. The number of rotatable bonds is 8. The molecule has 1 heterocycles. The molecule has 8 heteroatoms. The number of halogens is 2. The normalized spacial score (nSPS) is 10.8. The van der Waals surface area contributed by atoms with Crippen molar-refractivity contribution >= 4 is 54.5 Å². The van der Waals surface area contributed by atoms with E-state index in [2.05, 4.69) is 54.0 Å². The highest BCUT2D eigenvalue weighted by Gasteiger charge is 2.16. The van der Waals surface area contributed by atoms with Crippen molar-refractivity contribution in [3.8, 4) is 11.5 Å². The fourth-order valence-electron chi connectivity index (χ4n) is 1.80. The number of nitrogens with zero attached hydrogens (tertiary/aromatic N) is 2. The second kappa shape index (κ2) is 9.19. The quantitative estimate of drug-likeness (QED) is 0.316. The Morgan fingerprint density at radius 2 is 2.17 bits per heavy atom. The lowest BCUT2D eigenvalue weighted by atomic mass is 10.2. The van der Waals surface area contributed by atoms with Gasteiger partial charge in [-0.3, -0.25) is 5.43 Å². The molecule has 0 aliphatic rings. The average Bonchev–Trinajstić information content (AvgIpc) is 2.97. The summed E-state index contributed by atoms with van der Waals surface area (Å²) in [5.74, 6) is 1.27. The molecule has 0 saturated heterocycles. The van der Waals surface area contributed by atoms with Gasteiger partial charge in [-0.15, -0.1) is 11.3 Å². The molecule has 1 aromatic heterocycles. The predicted octanol–water partition coefficient (Wildman–Crippen LogP) is 5.39. The molecule has 0 spiro atoms. The second-order valence-electron chi connectivity index (χ2n) is 4.62. The van der Waals surface area contributed by atoms with E-state index in [1.807, 2.05) is 25.3 Å². The maximum atomic E-state index is 5.69. The summed E-state index contributed by atoms with van der Waals surface area (Å²) in [6.45, 7) is 8.45. The first kappa shape index (κ1) is 19.0. The molecule has 1 N–H and O–H groups in total. The van der Waals surface area contributed by atoms with Crippen LogP contribution in [0.1, 0.15) is 18.2 Å². The topological polar surface area (TPSA) is 55.7 Å². The van der Waals surface area contributed by atoms with Crippen LogP contribution in [0.5, 0.6) is 11.5 Å². The number of aromatic nitrogens is 1. The van der Waals surface area contributed by atoms with Crippen LogP contribution in [0.25, 0.3) is 0 Å². The van der Waals surface area contributed by atoms with Crippen LogP contribution in [0.15, 0.2) is 38.1 Å². The van der Waals surface area contributed by atoms with E-state index in [0.29, 0.717) is 24.7 Å². The van der Waals surface area contributed by atoms with E-state index in [1.54, 1.807) is 12.3 Å². The third kappa shape index (κ3) is 4.81. The van der Waals surface area contributed by atoms with Gasteiger partial charge in [-0.1, -0.05) is 12.7 Å². The molecule has 128 valence electrons. The predicted molar refractivity (Wildman–Crippen MR) is 107 cm³/mol. The minimum absolute atomic E-state index is 0.392. The van der Waals surface area contributed by atoms with Crippen molar-refractivity contribution in [1.82, 2.24) is 4.98 Å². The van der Waals surface area contributed by atoms with E-state index >= 15 is 0 Å². The summed E-state index contributed by atoms with van der Waals surface area (Å²) in [4.78, 5) is 4.30. The lowest BCUT2D eigenvalue weighted by Gasteiger charge is -2.15. The zero-order valence-electron chi connectivity index (χ0n) is 13.3. The summed E-state index contributed by atoms with van der Waals surface area (Å²) in [5, 5.41) is 6.94. The Labute approximate surface area is 162 Å². The van der Waals surface area contributed by atoms with E-state index in [9.17, 15) is 0 Å². The van der Waals surface area contributed by atoms with Crippen molar-refractivity contribution in [2.45, 2.75) is 13.8 Å². The monoisotopic (exact) mass is 473 g/mol. The Hall–Kier alpha value is -1.38. The number of aryl methyl sites for hydroxylation is 1. The van der Waals surface area contributed by atoms with Crippen LogP contribution in [0, 0.1) is 6.92 Å². The van der Waals surface area contributed by atoms with Gasteiger partial charge in [0.15, 0.2) is 11.5 Å². The molecule has 1 aromatic carbocycles. The Morgan fingerprint density at radius 1 is 1.38 bits per heavy atom. The van der Waals surface area contributed by atoms with Crippen molar-refractivity contribution in [3.63, 3.8) is 0 Å². The van der Waals surface area contributed by atoms with Crippen molar-refractivity contribution in [2.24, 2.45) is 5.10 Å². The average molecular weight is 475 g/mol. The van der Waals surface area contributed by atoms with Gasteiger partial charge in [0.2, 0.25) is 5.13 Å². The largest absolute Gasteiger partial charge is 0.490 e. The van der Waals surface area contributed by atoms with Gasteiger partial charge < -0.3 is 9.47 Å². The minimum Gasteiger partial charge on any atom is -0.490 e. The van der Waals surface area contributed by atoms with Crippen LogP contribution in [-0.2, 0) is 0 Å². The van der Waals surface area contributed by atoms with Gasteiger partial charge >= 0.3 is 0 Å². The highest BCUT2D eigenvalue weighted by molar-refractivity contribution is 9.13. The molecule has 0 fully saturated rings. The first-order valence-electron chi connectivity index (χ1n) is 7.16. The minimum atomic E-state index is 0.392. The molecule has 0 aliphatic heterocycles. The van der Waals surface area contributed by atoms with Gasteiger partial charge in [0.25, 0.3) is 0 Å². The van der Waals surface area contributed by atoms with Gasteiger partial charge in [0.05, 0.1) is 23.0 Å². The number of ether oxygens (including phenoxy) is 2. The molecule has 0 unspecified atom stereocenters. The molecule has 0 aliphatic carbocycles. The Bertz CT molecular complexity index is 747. The molecule has 24 heavy (non-hydrogen) atoms. The van der Waals surface area contributed by atoms with Crippen molar-refractivity contribution in [3.05, 3.63) is 44.3 Å². The number of hydrogen-bond donors (Lipinski definition) is 1. The molecule has 0 radical (unpaired) electrons. The summed E-state index contributed by atoms with van der Waals surface area (Å²) in [5.41, 5.74) is 4.72. The smallest absolute Gasteiger partial charge is 0.203 e. The molecule has 0 amide bonds. The molecule has 0 atom stereocenters. The van der Waals surface area contributed by atoms with Gasteiger partial charge in [-0.25, -0.2) is 4.98 Å². The van der Waals surface area contributed by atoms with Crippen LogP contribution in [0.3, 0.4) is 0 Å². The van der Waals surface area contributed by atoms with Crippen molar-refractivity contribution in [1.29, 1.82) is 0 Å².